The Labute approximate surface area is 355 Å². The van der Waals surface area contributed by atoms with Crippen molar-refractivity contribution in [3.63, 3.8) is 0 Å². The smallest absolute Gasteiger partial charge is 0.137 e. The van der Waals surface area contributed by atoms with Crippen molar-refractivity contribution in [1.82, 2.24) is 0 Å². The highest BCUT2D eigenvalue weighted by Gasteiger charge is 2.47. The third kappa shape index (κ3) is 5.50. The molecule has 61 heavy (non-hydrogen) atoms. The molecule has 10 aromatic carbocycles. The summed E-state index contributed by atoms with van der Waals surface area (Å²) in [6, 6.07) is 85.8. The Kier molecular flexibility index (Phi) is 8.11. The predicted octanol–water partition coefficient (Wildman–Crippen LogP) is 15.9. The van der Waals surface area contributed by atoms with E-state index in [1.807, 2.05) is 0 Å². The number of benzene rings is 10. The first kappa shape index (κ1) is 35.0. The molecular formula is C59H39NO. The lowest BCUT2D eigenvalue weighted by Gasteiger charge is -2.34. The van der Waals surface area contributed by atoms with Gasteiger partial charge in [-0.1, -0.05) is 194 Å². The van der Waals surface area contributed by atoms with Crippen LogP contribution in [0.15, 0.2) is 241 Å². The van der Waals surface area contributed by atoms with Crippen LogP contribution in [-0.2, 0) is 5.41 Å². The minimum absolute atomic E-state index is 0.578. The molecular weight excluding hydrogens is 739 g/mol. The molecule has 0 saturated carbocycles. The van der Waals surface area contributed by atoms with E-state index in [-0.39, 0.29) is 0 Å². The van der Waals surface area contributed by atoms with Crippen LogP contribution < -0.4 is 4.90 Å². The molecule has 1 heterocycles. The van der Waals surface area contributed by atoms with E-state index in [0.717, 1.165) is 50.1 Å². The topological polar surface area (TPSA) is 16.4 Å². The summed E-state index contributed by atoms with van der Waals surface area (Å²) < 4.78 is 7.02. The maximum absolute atomic E-state index is 7.02. The lowest BCUT2D eigenvalue weighted by Crippen LogP contribution is -2.28. The summed E-state index contributed by atoms with van der Waals surface area (Å²) >= 11 is 0. The summed E-state index contributed by atoms with van der Waals surface area (Å²) in [5.41, 5.74) is 16.5. The van der Waals surface area contributed by atoms with E-state index < -0.39 is 5.41 Å². The van der Waals surface area contributed by atoms with Crippen molar-refractivity contribution < 1.29 is 4.42 Å². The number of furan rings is 1. The molecule has 286 valence electrons. The maximum atomic E-state index is 7.02. The summed E-state index contributed by atoms with van der Waals surface area (Å²) in [6.45, 7) is 0. The zero-order valence-electron chi connectivity index (χ0n) is 33.4. The van der Waals surface area contributed by atoms with Crippen LogP contribution in [0.3, 0.4) is 0 Å². The Bertz CT molecular complexity index is 3340. The van der Waals surface area contributed by atoms with E-state index in [9.17, 15) is 0 Å². The zero-order valence-corrected chi connectivity index (χ0v) is 33.4. The minimum atomic E-state index is -0.578. The van der Waals surface area contributed by atoms with Crippen LogP contribution in [0.4, 0.5) is 17.1 Å². The highest BCUT2D eigenvalue weighted by Crippen LogP contribution is 2.58. The normalized spacial score (nSPS) is 14.3. The van der Waals surface area contributed by atoms with Gasteiger partial charge in [0.1, 0.15) is 11.2 Å². The molecule has 0 amide bonds. The van der Waals surface area contributed by atoms with E-state index >= 15 is 0 Å². The fourth-order valence-electron chi connectivity index (χ4n) is 10.1. The Morgan fingerprint density at radius 3 is 1.69 bits per heavy atom. The van der Waals surface area contributed by atoms with Gasteiger partial charge in [0.05, 0.1) is 16.5 Å². The van der Waals surface area contributed by atoms with Gasteiger partial charge in [0.25, 0.3) is 0 Å². The number of hydrogen-bond donors (Lipinski definition) is 0. The van der Waals surface area contributed by atoms with Crippen molar-refractivity contribution in [2.45, 2.75) is 5.41 Å². The first-order chi connectivity index (χ1) is 30.3. The quantitative estimate of drug-likeness (QED) is 0.160. The highest BCUT2D eigenvalue weighted by atomic mass is 16.3. The van der Waals surface area contributed by atoms with Crippen LogP contribution in [0.5, 0.6) is 0 Å². The van der Waals surface area contributed by atoms with E-state index in [4.69, 9.17) is 4.42 Å². The Morgan fingerprint density at radius 2 is 0.967 bits per heavy atom. The van der Waals surface area contributed by atoms with E-state index in [1.165, 1.54) is 55.3 Å². The van der Waals surface area contributed by atoms with Gasteiger partial charge in [-0.15, -0.1) is 0 Å². The van der Waals surface area contributed by atoms with E-state index in [0.29, 0.717) is 0 Å². The molecule has 1 aromatic heterocycles. The molecule has 1 aliphatic rings. The molecule has 2 heteroatoms. The average molecular weight is 778 g/mol. The molecule has 12 rings (SSSR count). The summed E-state index contributed by atoms with van der Waals surface area (Å²) in [7, 11) is 0. The second kappa shape index (κ2) is 14.1. The van der Waals surface area contributed by atoms with Crippen molar-refractivity contribution >= 4 is 49.8 Å². The van der Waals surface area contributed by atoms with Crippen molar-refractivity contribution in [3.05, 3.63) is 259 Å². The van der Waals surface area contributed by atoms with Crippen LogP contribution >= 0.6 is 0 Å². The summed E-state index contributed by atoms with van der Waals surface area (Å²) in [6.07, 6.45) is 0. The van der Waals surface area contributed by atoms with Crippen molar-refractivity contribution in [1.29, 1.82) is 0 Å². The van der Waals surface area contributed by atoms with Gasteiger partial charge in [0.15, 0.2) is 0 Å². The van der Waals surface area contributed by atoms with Gasteiger partial charge in [-0.25, -0.2) is 0 Å². The van der Waals surface area contributed by atoms with Crippen molar-refractivity contribution in [2.75, 3.05) is 4.90 Å². The molecule has 1 aliphatic carbocycles. The third-order valence-corrected chi connectivity index (χ3v) is 12.7. The first-order valence-corrected chi connectivity index (χ1v) is 21.0. The predicted molar refractivity (Wildman–Crippen MR) is 254 cm³/mol. The largest absolute Gasteiger partial charge is 0.456 e. The molecule has 0 spiro atoms. The molecule has 1 unspecified atom stereocenters. The zero-order chi connectivity index (χ0) is 40.3. The van der Waals surface area contributed by atoms with E-state index in [2.05, 4.69) is 241 Å². The van der Waals surface area contributed by atoms with Gasteiger partial charge < -0.3 is 9.32 Å². The lowest BCUT2D eigenvalue weighted by atomic mass is 9.66. The van der Waals surface area contributed by atoms with E-state index in [1.54, 1.807) is 0 Å². The third-order valence-electron chi connectivity index (χ3n) is 12.7. The molecule has 0 fully saturated rings. The summed E-state index contributed by atoms with van der Waals surface area (Å²) in [4.78, 5) is 2.39. The maximum Gasteiger partial charge on any atom is 0.137 e. The second-order valence-corrected chi connectivity index (χ2v) is 16.0. The van der Waals surface area contributed by atoms with Crippen molar-refractivity contribution in [3.8, 4) is 33.4 Å². The lowest BCUT2D eigenvalue weighted by molar-refractivity contribution is 0.666. The number of hydrogen-bond acceptors (Lipinski definition) is 2. The van der Waals surface area contributed by atoms with Gasteiger partial charge in [-0.05, 0) is 109 Å². The highest BCUT2D eigenvalue weighted by molar-refractivity contribution is 6.14. The molecule has 0 N–H and O–H groups in total. The summed E-state index contributed by atoms with van der Waals surface area (Å²) in [5, 5.41) is 4.64. The standard InChI is InChI=1S/C59H39NO/c1-4-17-40(18-5-1)43-22-14-26-47(37-43)60(48-27-15-23-44(38-48)41-19-6-2-7-20-41)54-31-16-32-55-57(54)52-36-34-46(39-56(52)61-55)59(45-24-8-3-9-25-45)53-30-13-12-29-50(53)51-35-33-42-21-10-11-28-49(42)58(51)59/h1-39H. The van der Waals surface area contributed by atoms with Crippen LogP contribution in [0.25, 0.3) is 66.1 Å². The molecule has 2 nitrogen and oxygen atoms in total. The van der Waals surface area contributed by atoms with Crippen LogP contribution in [-0.4, -0.2) is 0 Å². The van der Waals surface area contributed by atoms with Gasteiger partial charge in [0.2, 0.25) is 0 Å². The molecule has 11 aromatic rings. The molecule has 0 radical (unpaired) electrons. The number of fused-ring (bicyclic) bond motifs is 8. The first-order valence-electron chi connectivity index (χ1n) is 21.0. The minimum Gasteiger partial charge on any atom is -0.456 e. The SMILES string of the molecule is c1ccc(-c2cccc(N(c3cccc(-c4ccccc4)c3)c3cccc4oc5cc(C6(c7ccccc7)c7ccccc7-c7ccc8ccccc8c76)ccc5c34)c2)cc1. The van der Waals surface area contributed by atoms with Crippen molar-refractivity contribution in [2.24, 2.45) is 0 Å². The number of anilines is 3. The number of rotatable bonds is 7. The fraction of sp³-hybridized carbons (Fsp3) is 0.0169. The molecule has 1 atom stereocenters. The molecule has 0 saturated heterocycles. The molecule has 0 bridgehead atoms. The van der Waals surface area contributed by atoms with Crippen LogP contribution in [0.2, 0.25) is 0 Å². The number of nitrogens with zero attached hydrogens (tertiary/aromatic N) is 1. The second-order valence-electron chi connectivity index (χ2n) is 16.0. The van der Waals surface area contributed by atoms with Gasteiger partial charge >= 0.3 is 0 Å². The van der Waals surface area contributed by atoms with Crippen LogP contribution in [0, 0.1) is 0 Å². The molecule has 0 aliphatic heterocycles. The van der Waals surface area contributed by atoms with Gasteiger partial charge in [-0.2, -0.15) is 0 Å². The Hall–Kier alpha value is -7.94. The van der Waals surface area contributed by atoms with Crippen LogP contribution in [0.1, 0.15) is 22.3 Å². The average Bonchev–Trinajstić information content (AvgIpc) is 3.87. The Balaban J connectivity index is 1.11. The fourth-order valence-corrected chi connectivity index (χ4v) is 10.1. The van der Waals surface area contributed by atoms with Gasteiger partial charge in [-0.3, -0.25) is 0 Å². The van der Waals surface area contributed by atoms with Gasteiger partial charge in [0, 0.05) is 16.8 Å². The Morgan fingerprint density at radius 1 is 0.361 bits per heavy atom. The summed E-state index contributed by atoms with van der Waals surface area (Å²) in [5.74, 6) is 0. The monoisotopic (exact) mass is 777 g/mol.